The molecule has 82 valence electrons. The summed E-state index contributed by atoms with van der Waals surface area (Å²) < 4.78 is 10.9. The van der Waals surface area contributed by atoms with Gasteiger partial charge in [0.15, 0.2) is 0 Å². The molecule has 15 heavy (non-hydrogen) atoms. The molecule has 0 radical (unpaired) electrons. The molecule has 0 bridgehead atoms. The Kier molecular flexibility index (Phi) is 3.34. The number of nitrogens with zero attached hydrogens (tertiary/aromatic N) is 2. The highest BCUT2D eigenvalue weighted by Crippen LogP contribution is 2.13. The summed E-state index contributed by atoms with van der Waals surface area (Å²) in [6, 6.07) is 0. The van der Waals surface area contributed by atoms with Crippen molar-refractivity contribution in [3.05, 3.63) is 12.4 Å². The molecule has 1 aromatic heterocycles. The van der Waals surface area contributed by atoms with Gasteiger partial charge < -0.3 is 14.8 Å². The Morgan fingerprint density at radius 1 is 1.40 bits per heavy atom. The van der Waals surface area contributed by atoms with Crippen LogP contribution in [-0.4, -0.2) is 35.8 Å². The second-order valence-electron chi connectivity index (χ2n) is 3.44. The highest BCUT2D eigenvalue weighted by atomic mass is 16.5. The van der Waals surface area contributed by atoms with E-state index in [1.165, 1.54) is 0 Å². The summed E-state index contributed by atoms with van der Waals surface area (Å²) >= 11 is 0. The largest absolute Gasteiger partial charge is 0.477 e. The second-order valence-corrected chi connectivity index (χ2v) is 3.44. The number of rotatable bonds is 5. The first-order chi connectivity index (χ1) is 7.38. The number of ether oxygens (including phenoxy) is 2. The maximum Gasteiger partial charge on any atom is 0.235 e. The third-order valence-electron chi connectivity index (χ3n) is 2.08. The molecule has 0 atom stereocenters. The molecule has 5 nitrogen and oxygen atoms in total. The summed E-state index contributed by atoms with van der Waals surface area (Å²) in [7, 11) is 0. The van der Waals surface area contributed by atoms with Crippen molar-refractivity contribution < 1.29 is 9.47 Å². The van der Waals surface area contributed by atoms with Crippen molar-refractivity contribution in [3.63, 3.8) is 0 Å². The zero-order valence-corrected chi connectivity index (χ0v) is 8.77. The van der Waals surface area contributed by atoms with Crippen LogP contribution in [0.2, 0.25) is 0 Å². The van der Waals surface area contributed by atoms with Crippen molar-refractivity contribution in [1.29, 1.82) is 0 Å². The first-order valence-corrected chi connectivity index (χ1v) is 5.20. The zero-order chi connectivity index (χ0) is 10.5. The average molecular weight is 209 g/mol. The normalized spacial score (nSPS) is 15.8. The minimum absolute atomic E-state index is 0.223. The van der Waals surface area contributed by atoms with E-state index in [1.54, 1.807) is 12.4 Å². The number of hydrogen-bond donors (Lipinski definition) is 1. The van der Waals surface area contributed by atoms with Gasteiger partial charge in [-0.25, -0.2) is 0 Å². The Morgan fingerprint density at radius 2 is 2.20 bits per heavy atom. The molecule has 0 spiro atoms. The Bertz CT molecular complexity index is 315. The smallest absolute Gasteiger partial charge is 0.235 e. The first kappa shape index (κ1) is 10.2. The van der Waals surface area contributed by atoms with E-state index in [4.69, 9.17) is 9.47 Å². The van der Waals surface area contributed by atoms with Crippen LogP contribution in [-0.2, 0) is 0 Å². The van der Waals surface area contributed by atoms with E-state index >= 15 is 0 Å². The van der Waals surface area contributed by atoms with Crippen molar-refractivity contribution in [2.24, 2.45) is 0 Å². The number of hydrogen-bond acceptors (Lipinski definition) is 5. The van der Waals surface area contributed by atoms with Crippen LogP contribution in [0.1, 0.15) is 13.3 Å². The highest BCUT2D eigenvalue weighted by Gasteiger charge is 2.19. The predicted octanol–water partition coefficient (Wildman–Crippen LogP) is 0.616. The minimum atomic E-state index is 0.223. The van der Waals surface area contributed by atoms with Gasteiger partial charge >= 0.3 is 0 Å². The second kappa shape index (κ2) is 4.93. The van der Waals surface area contributed by atoms with E-state index in [0.29, 0.717) is 18.4 Å². The molecule has 0 amide bonds. The summed E-state index contributed by atoms with van der Waals surface area (Å²) in [6.07, 6.45) is 4.39. The van der Waals surface area contributed by atoms with Gasteiger partial charge in [-0.2, -0.15) is 4.98 Å². The molecule has 1 aliphatic heterocycles. The minimum Gasteiger partial charge on any atom is -0.477 e. The van der Waals surface area contributed by atoms with Gasteiger partial charge in [-0.05, 0) is 6.42 Å². The topological polar surface area (TPSA) is 56.3 Å². The highest BCUT2D eigenvalue weighted by molar-refractivity contribution is 5.13. The lowest BCUT2D eigenvalue weighted by Crippen LogP contribution is -2.50. The van der Waals surface area contributed by atoms with Gasteiger partial charge in [0.05, 0.1) is 19.0 Å². The molecule has 2 rings (SSSR count). The number of nitrogens with one attached hydrogen (secondary N) is 1. The standard InChI is InChI=1S/C10H15N3O2/c1-2-3-14-9-6-12-7-10(13-9)15-8-4-11-5-8/h6-8,11H,2-5H2,1H3. The SMILES string of the molecule is CCCOc1cncc(OC2CNC2)n1. The summed E-state index contributed by atoms with van der Waals surface area (Å²) in [6.45, 7) is 4.46. The van der Waals surface area contributed by atoms with Crippen LogP contribution in [0.4, 0.5) is 0 Å². The summed E-state index contributed by atoms with van der Waals surface area (Å²) in [4.78, 5) is 8.21. The molecule has 1 aromatic rings. The van der Waals surface area contributed by atoms with E-state index in [2.05, 4.69) is 15.3 Å². The van der Waals surface area contributed by atoms with E-state index in [-0.39, 0.29) is 6.10 Å². The summed E-state index contributed by atoms with van der Waals surface area (Å²) in [5, 5.41) is 3.13. The van der Waals surface area contributed by atoms with Crippen LogP contribution in [0.5, 0.6) is 11.8 Å². The van der Waals surface area contributed by atoms with Crippen molar-refractivity contribution in [1.82, 2.24) is 15.3 Å². The molecular formula is C10H15N3O2. The lowest BCUT2D eigenvalue weighted by Gasteiger charge is -2.26. The molecule has 1 saturated heterocycles. The van der Waals surface area contributed by atoms with E-state index in [1.807, 2.05) is 6.92 Å². The maximum atomic E-state index is 5.55. The molecule has 0 unspecified atom stereocenters. The van der Waals surface area contributed by atoms with Crippen LogP contribution in [0.3, 0.4) is 0 Å². The van der Waals surface area contributed by atoms with Crippen molar-refractivity contribution in [3.8, 4) is 11.8 Å². The third kappa shape index (κ3) is 2.79. The predicted molar refractivity (Wildman–Crippen MR) is 55.1 cm³/mol. The molecule has 0 saturated carbocycles. The molecule has 5 heteroatoms. The van der Waals surface area contributed by atoms with Gasteiger partial charge in [0.1, 0.15) is 6.10 Å². The van der Waals surface area contributed by atoms with Crippen molar-refractivity contribution in [2.75, 3.05) is 19.7 Å². The van der Waals surface area contributed by atoms with Crippen LogP contribution >= 0.6 is 0 Å². The molecule has 2 heterocycles. The Labute approximate surface area is 88.8 Å². The molecular weight excluding hydrogens is 194 g/mol. The fourth-order valence-electron chi connectivity index (χ4n) is 1.18. The van der Waals surface area contributed by atoms with Crippen LogP contribution in [0.15, 0.2) is 12.4 Å². The van der Waals surface area contributed by atoms with Crippen molar-refractivity contribution >= 4 is 0 Å². The monoisotopic (exact) mass is 209 g/mol. The number of aromatic nitrogens is 2. The fraction of sp³-hybridized carbons (Fsp3) is 0.600. The van der Waals surface area contributed by atoms with Crippen LogP contribution in [0, 0.1) is 0 Å². The Hall–Kier alpha value is -1.36. The van der Waals surface area contributed by atoms with E-state index in [9.17, 15) is 0 Å². The summed E-state index contributed by atoms with van der Waals surface area (Å²) in [5.74, 6) is 1.07. The van der Waals surface area contributed by atoms with Gasteiger partial charge in [-0.15, -0.1) is 0 Å². The van der Waals surface area contributed by atoms with Gasteiger partial charge in [0, 0.05) is 13.1 Å². The Morgan fingerprint density at radius 3 is 2.87 bits per heavy atom. The van der Waals surface area contributed by atoms with Gasteiger partial charge in [0.2, 0.25) is 11.8 Å². The van der Waals surface area contributed by atoms with Gasteiger partial charge in [0.25, 0.3) is 0 Å². The van der Waals surface area contributed by atoms with Crippen LogP contribution < -0.4 is 14.8 Å². The molecule has 1 aliphatic rings. The zero-order valence-electron chi connectivity index (χ0n) is 8.77. The van der Waals surface area contributed by atoms with E-state index < -0.39 is 0 Å². The van der Waals surface area contributed by atoms with Crippen molar-refractivity contribution in [2.45, 2.75) is 19.4 Å². The lowest BCUT2D eigenvalue weighted by molar-refractivity contribution is 0.134. The van der Waals surface area contributed by atoms with E-state index in [0.717, 1.165) is 19.5 Å². The van der Waals surface area contributed by atoms with Gasteiger partial charge in [-0.3, -0.25) is 4.98 Å². The molecule has 1 fully saturated rings. The van der Waals surface area contributed by atoms with Crippen LogP contribution in [0.25, 0.3) is 0 Å². The molecule has 1 N–H and O–H groups in total. The molecule has 0 aromatic carbocycles. The average Bonchev–Trinajstić information content (AvgIpc) is 2.21. The quantitative estimate of drug-likeness (QED) is 0.770. The Balaban J connectivity index is 1.92. The molecule has 0 aliphatic carbocycles. The lowest BCUT2D eigenvalue weighted by atomic mass is 10.2. The fourth-order valence-corrected chi connectivity index (χ4v) is 1.18. The third-order valence-corrected chi connectivity index (χ3v) is 2.08. The summed E-state index contributed by atoms with van der Waals surface area (Å²) in [5.41, 5.74) is 0. The maximum absolute atomic E-state index is 5.55. The first-order valence-electron chi connectivity index (χ1n) is 5.20. The van der Waals surface area contributed by atoms with Gasteiger partial charge in [-0.1, -0.05) is 6.92 Å².